The Balaban J connectivity index is 2.25. The first-order valence-corrected chi connectivity index (χ1v) is 7.07. The summed E-state index contributed by atoms with van der Waals surface area (Å²) in [7, 11) is 0. The van der Waals surface area contributed by atoms with Crippen molar-refractivity contribution in [2.24, 2.45) is 5.41 Å². The molecule has 1 heterocycles. The maximum absolute atomic E-state index is 9.85. The average Bonchev–Trinajstić information content (AvgIpc) is 2.31. The van der Waals surface area contributed by atoms with E-state index >= 15 is 0 Å². The molecule has 2 bridgehead atoms. The standard InChI is InChI=1S/C16H23NO/c1-4-16-7-8-17-14(15(16,2)3)9-11-5-6-12(18)10-13(11)16/h5-6,10,14,17-18H,4,7-9H2,1-3H3. The third-order valence-corrected chi connectivity index (χ3v) is 5.68. The zero-order chi connectivity index (χ0) is 13.0. The Bertz CT molecular complexity index is 480. The first kappa shape index (κ1) is 12.0. The van der Waals surface area contributed by atoms with Crippen LogP contribution >= 0.6 is 0 Å². The molecule has 0 aromatic heterocycles. The van der Waals surface area contributed by atoms with Gasteiger partial charge in [-0.1, -0.05) is 26.8 Å². The van der Waals surface area contributed by atoms with Gasteiger partial charge in [-0.3, -0.25) is 0 Å². The lowest BCUT2D eigenvalue weighted by atomic mass is 9.49. The third kappa shape index (κ3) is 1.33. The van der Waals surface area contributed by atoms with Crippen LogP contribution in [0.2, 0.25) is 0 Å². The Morgan fingerprint density at radius 2 is 2.17 bits per heavy atom. The van der Waals surface area contributed by atoms with Crippen molar-refractivity contribution in [3.8, 4) is 5.75 Å². The molecule has 0 spiro atoms. The summed E-state index contributed by atoms with van der Waals surface area (Å²) >= 11 is 0. The summed E-state index contributed by atoms with van der Waals surface area (Å²) < 4.78 is 0. The van der Waals surface area contributed by atoms with Gasteiger partial charge in [-0.15, -0.1) is 0 Å². The fourth-order valence-corrected chi connectivity index (χ4v) is 4.41. The molecule has 2 aliphatic rings. The molecule has 18 heavy (non-hydrogen) atoms. The summed E-state index contributed by atoms with van der Waals surface area (Å²) in [5.41, 5.74) is 3.29. The van der Waals surface area contributed by atoms with Crippen LogP contribution in [0.25, 0.3) is 0 Å². The highest BCUT2D eigenvalue weighted by Gasteiger charge is 2.54. The molecule has 2 heteroatoms. The largest absolute Gasteiger partial charge is 0.508 e. The predicted molar refractivity (Wildman–Crippen MR) is 74.0 cm³/mol. The summed E-state index contributed by atoms with van der Waals surface area (Å²) in [5, 5.41) is 13.5. The van der Waals surface area contributed by atoms with Gasteiger partial charge >= 0.3 is 0 Å². The fourth-order valence-electron chi connectivity index (χ4n) is 4.41. The number of rotatable bonds is 1. The van der Waals surface area contributed by atoms with Crippen LogP contribution in [0.3, 0.4) is 0 Å². The maximum Gasteiger partial charge on any atom is 0.115 e. The molecule has 1 aliphatic carbocycles. The third-order valence-electron chi connectivity index (χ3n) is 5.68. The molecule has 1 aliphatic heterocycles. The zero-order valence-electron chi connectivity index (χ0n) is 11.6. The molecule has 0 amide bonds. The van der Waals surface area contributed by atoms with Crippen LogP contribution in [0.5, 0.6) is 5.75 Å². The lowest BCUT2D eigenvalue weighted by molar-refractivity contribution is 0.0389. The van der Waals surface area contributed by atoms with Crippen LogP contribution in [0.4, 0.5) is 0 Å². The Hall–Kier alpha value is -1.02. The summed E-state index contributed by atoms with van der Waals surface area (Å²) in [6, 6.07) is 6.52. The Kier molecular flexibility index (Phi) is 2.50. The SMILES string of the molecule is CCC12CCNC(Cc3ccc(O)cc31)C2(C)C. The monoisotopic (exact) mass is 245 g/mol. The van der Waals surface area contributed by atoms with Gasteiger partial charge in [0.05, 0.1) is 0 Å². The van der Waals surface area contributed by atoms with Gasteiger partial charge in [-0.25, -0.2) is 0 Å². The van der Waals surface area contributed by atoms with Crippen molar-refractivity contribution in [3.63, 3.8) is 0 Å². The van der Waals surface area contributed by atoms with E-state index in [1.54, 1.807) is 0 Å². The lowest BCUT2D eigenvalue weighted by Gasteiger charge is -2.59. The number of hydrogen-bond acceptors (Lipinski definition) is 2. The number of phenolic OH excluding ortho intramolecular Hbond substituents is 1. The summed E-state index contributed by atoms with van der Waals surface area (Å²) in [6.07, 6.45) is 3.41. The van der Waals surface area contributed by atoms with Crippen molar-refractivity contribution in [3.05, 3.63) is 29.3 Å². The van der Waals surface area contributed by atoms with Crippen molar-refractivity contribution in [1.82, 2.24) is 5.32 Å². The van der Waals surface area contributed by atoms with Gasteiger partial charge in [-0.05, 0) is 54.5 Å². The van der Waals surface area contributed by atoms with Crippen LogP contribution in [-0.2, 0) is 11.8 Å². The van der Waals surface area contributed by atoms with E-state index in [0.717, 1.165) is 19.4 Å². The molecule has 2 atom stereocenters. The van der Waals surface area contributed by atoms with Crippen LogP contribution in [0, 0.1) is 5.41 Å². The molecule has 3 rings (SSSR count). The van der Waals surface area contributed by atoms with Crippen LogP contribution in [-0.4, -0.2) is 17.7 Å². The first-order chi connectivity index (χ1) is 8.51. The second-order valence-corrected chi connectivity index (χ2v) is 6.46. The molecule has 1 saturated heterocycles. The van der Waals surface area contributed by atoms with E-state index in [-0.39, 0.29) is 10.8 Å². The van der Waals surface area contributed by atoms with Crippen molar-refractivity contribution >= 4 is 0 Å². The van der Waals surface area contributed by atoms with E-state index in [2.05, 4.69) is 32.2 Å². The summed E-state index contributed by atoms with van der Waals surface area (Å²) in [5.74, 6) is 0.411. The van der Waals surface area contributed by atoms with Gasteiger partial charge in [0, 0.05) is 11.5 Å². The van der Waals surface area contributed by atoms with E-state index in [0.29, 0.717) is 11.8 Å². The van der Waals surface area contributed by atoms with Gasteiger partial charge < -0.3 is 10.4 Å². The van der Waals surface area contributed by atoms with E-state index in [9.17, 15) is 5.11 Å². The van der Waals surface area contributed by atoms with Crippen molar-refractivity contribution in [2.45, 2.75) is 51.5 Å². The number of nitrogens with one attached hydrogen (secondary N) is 1. The predicted octanol–water partition coefficient (Wildman–Crippen LogP) is 2.98. The molecule has 98 valence electrons. The van der Waals surface area contributed by atoms with Crippen molar-refractivity contribution < 1.29 is 5.11 Å². The van der Waals surface area contributed by atoms with Crippen molar-refractivity contribution in [1.29, 1.82) is 0 Å². The Morgan fingerprint density at radius 1 is 1.39 bits per heavy atom. The molecule has 2 nitrogen and oxygen atoms in total. The van der Waals surface area contributed by atoms with Gasteiger partial charge in [0.15, 0.2) is 0 Å². The molecular formula is C16H23NO. The smallest absolute Gasteiger partial charge is 0.115 e. The number of aromatic hydroxyl groups is 1. The molecule has 2 unspecified atom stereocenters. The Morgan fingerprint density at radius 3 is 2.89 bits per heavy atom. The van der Waals surface area contributed by atoms with Gasteiger partial charge in [0.25, 0.3) is 0 Å². The number of piperidine rings is 1. The molecule has 1 aromatic carbocycles. The lowest BCUT2D eigenvalue weighted by Crippen LogP contribution is -2.63. The molecule has 0 radical (unpaired) electrons. The van der Waals surface area contributed by atoms with Gasteiger partial charge in [0.1, 0.15) is 5.75 Å². The number of phenols is 1. The topological polar surface area (TPSA) is 32.3 Å². The molecule has 0 saturated carbocycles. The first-order valence-electron chi connectivity index (χ1n) is 7.07. The molecule has 1 fully saturated rings. The van der Waals surface area contributed by atoms with E-state index in [1.807, 2.05) is 12.1 Å². The molecular weight excluding hydrogens is 222 g/mol. The van der Waals surface area contributed by atoms with Gasteiger partial charge in [0.2, 0.25) is 0 Å². The van der Waals surface area contributed by atoms with E-state index in [1.165, 1.54) is 17.5 Å². The van der Waals surface area contributed by atoms with Crippen LogP contribution in [0.1, 0.15) is 44.7 Å². The minimum Gasteiger partial charge on any atom is -0.508 e. The minimum atomic E-state index is 0.217. The van der Waals surface area contributed by atoms with Crippen LogP contribution < -0.4 is 5.32 Å². The van der Waals surface area contributed by atoms with Crippen LogP contribution in [0.15, 0.2) is 18.2 Å². The van der Waals surface area contributed by atoms with E-state index in [4.69, 9.17) is 0 Å². The highest BCUT2D eigenvalue weighted by atomic mass is 16.3. The fraction of sp³-hybridized carbons (Fsp3) is 0.625. The Labute approximate surface area is 109 Å². The van der Waals surface area contributed by atoms with Gasteiger partial charge in [-0.2, -0.15) is 0 Å². The number of benzene rings is 1. The normalized spacial score (nSPS) is 32.9. The minimum absolute atomic E-state index is 0.217. The number of hydrogen-bond donors (Lipinski definition) is 2. The second-order valence-electron chi connectivity index (χ2n) is 6.46. The zero-order valence-corrected chi connectivity index (χ0v) is 11.6. The molecule has 2 N–H and O–H groups in total. The highest BCUT2D eigenvalue weighted by molar-refractivity contribution is 5.46. The molecule has 1 aromatic rings. The highest BCUT2D eigenvalue weighted by Crippen LogP contribution is 2.56. The van der Waals surface area contributed by atoms with E-state index < -0.39 is 0 Å². The summed E-state index contributed by atoms with van der Waals surface area (Å²) in [4.78, 5) is 0. The van der Waals surface area contributed by atoms with Crippen molar-refractivity contribution in [2.75, 3.05) is 6.54 Å². The quantitative estimate of drug-likeness (QED) is 0.797. The summed E-state index contributed by atoms with van der Waals surface area (Å²) in [6.45, 7) is 8.17. The number of fused-ring (bicyclic) bond motifs is 4. The average molecular weight is 245 g/mol. The maximum atomic E-state index is 9.85. The second kappa shape index (κ2) is 3.74.